The van der Waals surface area contributed by atoms with E-state index in [-0.39, 0.29) is 18.4 Å². The normalized spacial score (nSPS) is 19.3. The van der Waals surface area contributed by atoms with Crippen LogP contribution in [0.15, 0.2) is 24.3 Å². The Kier molecular flexibility index (Phi) is 3.74. The number of nitrogens with one attached hydrogen (secondary N) is 1. The lowest BCUT2D eigenvalue weighted by Gasteiger charge is -2.36. The standard InChI is InChI=1S/C14H19N3O2/c1-4-10-14(19)15-9-13(18)17(10)12-8-6-5-7-11(12)16(2)3/h5-8,10H,4,9H2,1-3H3,(H,15,19). The molecule has 0 aromatic heterocycles. The van der Waals surface area contributed by atoms with Crippen LogP contribution in [0.2, 0.25) is 0 Å². The molecule has 0 spiro atoms. The van der Waals surface area contributed by atoms with Crippen molar-refractivity contribution in [1.29, 1.82) is 0 Å². The maximum atomic E-state index is 12.2. The SMILES string of the molecule is CCC1C(=O)NCC(=O)N1c1ccccc1N(C)C. The number of nitrogens with zero attached hydrogens (tertiary/aromatic N) is 2. The van der Waals surface area contributed by atoms with E-state index in [1.165, 1.54) is 0 Å². The Morgan fingerprint density at radius 1 is 1.32 bits per heavy atom. The Morgan fingerprint density at radius 2 is 2.00 bits per heavy atom. The molecule has 1 aliphatic heterocycles. The molecule has 1 heterocycles. The summed E-state index contributed by atoms with van der Waals surface area (Å²) in [5.74, 6) is -0.156. The fraction of sp³-hybridized carbons (Fsp3) is 0.429. The van der Waals surface area contributed by atoms with E-state index in [2.05, 4.69) is 5.32 Å². The molecular formula is C14H19N3O2. The summed E-state index contributed by atoms with van der Waals surface area (Å²) < 4.78 is 0. The number of carbonyl (C=O) groups excluding carboxylic acids is 2. The molecule has 1 atom stereocenters. The molecule has 2 amide bonds. The Morgan fingerprint density at radius 3 is 2.63 bits per heavy atom. The molecular weight excluding hydrogens is 242 g/mol. The smallest absolute Gasteiger partial charge is 0.247 e. The lowest BCUT2D eigenvalue weighted by atomic mass is 10.1. The monoisotopic (exact) mass is 261 g/mol. The van der Waals surface area contributed by atoms with Crippen LogP contribution in [0.25, 0.3) is 0 Å². The average Bonchev–Trinajstić information content (AvgIpc) is 2.41. The summed E-state index contributed by atoms with van der Waals surface area (Å²) in [6.07, 6.45) is 0.597. The molecule has 1 aromatic carbocycles. The average molecular weight is 261 g/mol. The van der Waals surface area contributed by atoms with Crippen molar-refractivity contribution < 1.29 is 9.59 Å². The van der Waals surface area contributed by atoms with E-state index in [9.17, 15) is 9.59 Å². The maximum absolute atomic E-state index is 12.2. The highest BCUT2D eigenvalue weighted by Gasteiger charge is 2.35. The van der Waals surface area contributed by atoms with E-state index in [4.69, 9.17) is 0 Å². The maximum Gasteiger partial charge on any atom is 0.247 e. The van der Waals surface area contributed by atoms with Crippen molar-refractivity contribution in [3.05, 3.63) is 24.3 Å². The third kappa shape index (κ3) is 2.41. The van der Waals surface area contributed by atoms with Gasteiger partial charge in [0.05, 0.1) is 17.9 Å². The van der Waals surface area contributed by atoms with Crippen molar-refractivity contribution in [1.82, 2.24) is 5.32 Å². The van der Waals surface area contributed by atoms with Gasteiger partial charge in [0.1, 0.15) is 6.04 Å². The summed E-state index contributed by atoms with van der Waals surface area (Å²) in [7, 11) is 3.85. The summed E-state index contributed by atoms with van der Waals surface area (Å²) in [4.78, 5) is 27.7. The summed E-state index contributed by atoms with van der Waals surface area (Å²) in [5, 5.41) is 2.64. The van der Waals surface area contributed by atoms with Crippen LogP contribution < -0.4 is 15.1 Å². The van der Waals surface area contributed by atoms with Gasteiger partial charge in [0.2, 0.25) is 11.8 Å². The lowest BCUT2D eigenvalue weighted by molar-refractivity contribution is -0.131. The van der Waals surface area contributed by atoms with E-state index in [1.54, 1.807) is 4.90 Å². The van der Waals surface area contributed by atoms with Gasteiger partial charge in [-0.15, -0.1) is 0 Å². The number of para-hydroxylation sites is 2. The van der Waals surface area contributed by atoms with Gasteiger partial charge in [0.15, 0.2) is 0 Å². The van der Waals surface area contributed by atoms with Gasteiger partial charge < -0.3 is 10.2 Å². The molecule has 1 saturated heterocycles. The molecule has 1 N–H and O–H groups in total. The van der Waals surface area contributed by atoms with Gasteiger partial charge in [-0.1, -0.05) is 19.1 Å². The number of amides is 2. The van der Waals surface area contributed by atoms with Crippen LogP contribution in [0.1, 0.15) is 13.3 Å². The van der Waals surface area contributed by atoms with Gasteiger partial charge in [-0.2, -0.15) is 0 Å². The molecule has 0 aliphatic carbocycles. The van der Waals surface area contributed by atoms with Gasteiger partial charge in [0, 0.05) is 14.1 Å². The first-order chi connectivity index (χ1) is 9.06. The van der Waals surface area contributed by atoms with Crippen LogP contribution in [0.4, 0.5) is 11.4 Å². The van der Waals surface area contributed by atoms with Crippen LogP contribution in [-0.4, -0.2) is 38.5 Å². The Hall–Kier alpha value is -2.04. The van der Waals surface area contributed by atoms with Crippen molar-refractivity contribution in [3.63, 3.8) is 0 Å². The summed E-state index contributed by atoms with van der Waals surface area (Å²) in [5.41, 5.74) is 1.73. The highest BCUT2D eigenvalue weighted by atomic mass is 16.2. The zero-order chi connectivity index (χ0) is 14.0. The lowest BCUT2D eigenvalue weighted by Crippen LogP contribution is -2.58. The van der Waals surface area contributed by atoms with Gasteiger partial charge in [0.25, 0.3) is 0 Å². The molecule has 1 aliphatic rings. The first-order valence-electron chi connectivity index (χ1n) is 6.42. The van der Waals surface area contributed by atoms with Crippen molar-refractivity contribution in [2.75, 3.05) is 30.4 Å². The second kappa shape index (κ2) is 5.30. The molecule has 5 heteroatoms. The number of anilines is 2. The minimum Gasteiger partial charge on any atom is -0.376 e. The third-order valence-electron chi connectivity index (χ3n) is 3.31. The van der Waals surface area contributed by atoms with Crippen LogP contribution in [0.3, 0.4) is 0 Å². The minimum atomic E-state index is -0.428. The summed E-state index contributed by atoms with van der Waals surface area (Å²) in [6, 6.07) is 7.21. The second-order valence-corrected chi connectivity index (χ2v) is 4.79. The molecule has 1 aromatic rings. The van der Waals surface area contributed by atoms with Crippen LogP contribution in [0, 0.1) is 0 Å². The van der Waals surface area contributed by atoms with Crippen LogP contribution in [-0.2, 0) is 9.59 Å². The summed E-state index contributed by atoms with van der Waals surface area (Å²) >= 11 is 0. The Balaban J connectivity index is 2.48. The first-order valence-corrected chi connectivity index (χ1v) is 6.42. The number of carbonyl (C=O) groups is 2. The molecule has 1 fully saturated rings. The van der Waals surface area contributed by atoms with E-state index in [1.807, 2.05) is 50.2 Å². The molecule has 5 nitrogen and oxygen atoms in total. The molecule has 0 bridgehead atoms. The quantitative estimate of drug-likeness (QED) is 0.883. The summed E-state index contributed by atoms with van der Waals surface area (Å²) in [6.45, 7) is 1.98. The van der Waals surface area contributed by atoms with E-state index in [0.29, 0.717) is 6.42 Å². The molecule has 2 rings (SSSR count). The van der Waals surface area contributed by atoms with Crippen molar-refractivity contribution in [2.45, 2.75) is 19.4 Å². The number of benzene rings is 1. The molecule has 19 heavy (non-hydrogen) atoms. The highest BCUT2D eigenvalue weighted by molar-refractivity contribution is 6.08. The van der Waals surface area contributed by atoms with Gasteiger partial charge in [-0.25, -0.2) is 0 Å². The fourth-order valence-electron chi connectivity index (χ4n) is 2.37. The largest absolute Gasteiger partial charge is 0.376 e. The van der Waals surface area contributed by atoms with Gasteiger partial charge in [-0.05, 0) is 18.6 Å². The first kappa shape index (κ1) is 13.4. The molecule has 0 radical (unpaired) electrons. The van der Waals surface area contributed by atoms with Crippen LogP contribution >= 0.6 is 0 Å². The Labute approximate surface area is 113 Å². The van der Waals surface area contributed by atoms with Gasteiger partial charge >= 0.3 is 0 Å². The minimum absolute atomic E-state index is 0.0666. The van der Waals surface area contributed by atoms with E-state index in [0.717, 1.165) is 11.4 Å². The molecule has 1 unspecified atom stereocenters. The Bertz CT molecular complexity index is 499. The predicted molar refractivity (Wildman–Crippen MR) is 75.3 cm³/mol. The van der Waals surface area contributed by atoms with Crippen LogP contribution in [0.5, 0.6) is 0 Å². The highest BCUT2D eigenvalue weighted by Crippen LogP contribution is 2.31. The zero-order valence-corrected chi connectivity index (χ0v) is 11.5. The van der Waals surface area contributed by atoms with Crippen molar-refractivity contribution >= 4 is 23.2 Å². The van der Waals surface area contributed by atoms with E-state index >= 15 is 0 Å². The van der Waals surface area contributed by atoms with Crippen molar-refractivity contribution in [3.8, 4) is 0 Å². The third-order valence-corrected chi connectivity index (χ3v) is 3.31. The number of rotatable bonds is 3. The van der Waals surface area contributed by atoms with Crippen molar-refractivity contribution in [2.24, 2.45) is 0 Å². The number of hydrogen-bond donors (Lipinski definition) is 1. The second-order valence-electron chi connectivity index (χ2n) is 4.79. The van der Waals surface area contributed by atoms with Gasteiger partial charge in [-0.3, -0.25) is 14.5 Å². The predicted octanol–water partition coefficient (Wildman–Crippen LogP) is 0.994. The molecule has 102 valence electrons. The topological polar surface area (TPSA) is 52.7 Å². The number of hydrogen-bond acceptors (Lipinski definition) is 3. The zero-order valence-electron chi connectivity index (χ0n) is 11.5. The number of piperazine rings is 1. The van der Waals surface area contributed by atoms with E-state index < -0.39 is 6.04 Å². The fourth-order valence-corrected chi connectivity index (χ4v) is 2.37. The molecule has 0 saturated carbocycles.